The zero-order valence-electron chi connectivity index (χ0n) is 19.5. The molecular formula is C24H48O7. The van der Waals surface area contributed by atoms with E-state index >= 15 is 0 Å². The number of unbranched alkanes of at least 4 members (excludes halogenated alkanes) is 11. The summed E-state index contributed by atoms with van der Waals surface area (Å²) in [6, 6.07) is 0. The zero-order chi connectivity index (χ0) is 22.9. The second kappa shape index (κ2) is 18.2. The smallest absolute Gasteiger partial charge is 0.186 e. The number of hydrogen-bond acceptors (Lipinski definition) is 7. The van der Waals surface area contributed by atoms with E-state index in [1.165, 1.54) is 51.4 Å². The minimum atomic E-state index is -1.38. The van der Waals surface area contributed by atoms with Gasteiger partial charge in [-0.3, -0.25) is 0 Å². The van der Waals surface area contributed by atoms with Crippen LogP contribution >= 0.6 is 0 Å². The van der Waals surface area contributed by atoms with Gasteiger partial charge in [0.05, 0.1) is 12.7 Å². The quantitative estimate of drug-likeness (QED) is 0.193. The first-order valence-electron chi connectivity index (χ1n) is 12.6. The van der Waals surface area contributed by atoms with Crippen LogP contribution in [0.2, 0.25) is 0 Å². The van der Waals surface area contributed by atoms with Crippen molar-refractivity contribution in [2.45, 2.75) is 140 Å². The van der Waals surface area contributed by atoms with Gasteiger partial charge in [0.2, 0.25) is 0 Å². The standard InChI is InChI=1S/C24H48O7/c1-2-3-4-12-15-19(26)16-13-10-8-6-5-7-9-11-14-17-30-24-23(29)22(28)21(27)20(18-25)31-24/h19-29H,2-18H2,1H3/t19?,20-,21-,22+,23-,24-/m1/s1. The highest BCUT2D eigenvalue weighted by Crippen LogP contribution is 2.22. The molecule has 1 heterocycles. The normalized spacial score (nSPS) is 27.5. The van der Waals surface area contributed by atoms with Gasteiger partial charge in [-0.05, 0) is 19.3 Å². The molecule has 31 heavy (non-hydrogen) atoms. The van der Waals surface area contributed by atoms with E-state index in [-0.39, 0.29) is 6.10 Å². The molecule has 186 valence electrons. The molecule has 0 aromatic heterocycles. The first kappa shape index (κ1) is 28.8. The molecule has 1 fully saturated rings. The Morgan fingerprint density at radius 3 is 1.77 bits per heavy atom. The lowest BCUT2D eigenvalue weighted by Crippen LogP contribution is -2.59. The molecule has 0 saturated carbocycles. The number of aliphatic hydroxyl groups excluding tert-OH is 5. The van der Waals surface area contributed by atoms with Crippen LogP contribution in [0.1, 0.15) is 103 Å². The van der Waals surface area contributed by atoms with E-state index < -0.39 is 37.3 Å². The molecule has 5 N–H and O–H groups in total. The largest absolute Gasteiger partial charge is 0.394 e. The van der Waals surface area contributed by atoms with Gasteiger partial charge in [0.1, 0.15) is 24.4 Å². The van der Waals surface area contributed by atoms with E-state index in [1.54, 1.807) is 0 Å². The predicted octanol–water partition coefficient (Wildman–Crippen LogP) is 3.04. The molecule has 0 radical (unpaired) electrons. The third-order valence-corrected chi connectivity index (χ3v) is 6.20. The van der Waals surface area contributed by atoms with E-state index in [0.29, 0.717) is 6.61 Å². The van der Waals surface area contributed by atoms with Crippen LogP contribution in [0.5, 0.6) is 0 Å². The molecule has 7 heteroatoms. The van der Waals surface area contributed by atoms with Gasteiger partial charge in [0.15, 0.2) is 6.29 Å². The van der Waals surface area contributed by atoms with Crippen molar-refractivity contribution in [2.75, 3.05) is 13.2 Å². The summed E-state index contributed by atoms with van der Waals surface area (Å²) in [6.45, 7) is 2.17. The van der Waals surface area contributed by atoms with Crippen LogP contribution in [0.4, 0.5) is 0 Å². The highest BCUT2D eigenvalue weighted by Gasteiger charge is 2.43. The van der Waals surface area contributed by atoms with Gasteiger partial charge in [-0.15, -0.1) is 0 Å². The summed E-state index contributed by atoms with van der Waals surface area (Å²) < 4.78 is 10.8. The summed E-state index contributed by atoms with van der Waals surface area (Å²) in [7, 11) is 0. The Morgan fingerprint density at radius 1 is 0.710 bits per heavy atom. The number of rotatable bonds is 19. The summed E-state index contributed by atoms with van der Waals surface area (Å²) in [4.78, 5) is 0. The van der Waals surface area contributed by atoms with Gasteiger partial charge in [0, 0.05) is 6.61 Å². The van der Waals surface area contributed by atoms with E-state index in [2.05, 4.69) is 6.92 Å². The molecule has 0 bridgehead atoms. The molecule has 1 saturated heterocycles. The van der Waals surface area contributed by atoms with Gasteiger partial charge < -0.3 is 35.0 Å². The lowest BCUT2D eigenvalue weighted by Gasteiger charge is -2.39. The average molecular weight is 449 g/mol. The first-order valence-corrected chi connectivity index (χ1v) is 12.6. The molecule has 1 rings (SSSR count). The van der Waals surface area contributed by atoms with Crippen molar-refractivity contribution in [2.24, 2.45) is 0 Å². The fraction of sp³-hybridized carbons (Fsp3) is 1.00. The Balaban J connectivity index is 1.89. The maximum absolute atomic E-state index is 9.97. The van der Waals surface area contributed by atoms with E-state index in [9.17, 15) is 25.5 Å². The van der Waals surface area contributed by atoms with Crippen molar-refractivity contribution in [3.8, 4) is 0 Å². The van der Waals surface area contributed by atoms with E-state index in [4.69, 9.17) is 9.47 Å². The van der Waals surface area contributed by atoms with Gasteiger partial charge >= 0.3 is 0 Å². The predicted molar refractivity (Wildman–Crippen MR) is 121 cm³/mol. The number of aliphatic hydroxyl groups is 5. The van der Waals surface area contributed by atoms with Crippen LogP contribution in [0, 0.1) is 0 Å². The van der Waals surface area contributed by atoms with Crippen molar-refractivity contribution >= 4 is 0 Å². The summed E-state index contributed by atoms with van der Waals surface area (Å²) in [5.74, 6) is 0. The topological polar surface area (TPSA) is 120 Å². The molecule has 0 aromatic carbocycles. The SMILES string of the molecule is CCCCCCC(O)CCCCCCCCCCCO[C@@H]1O[C@H](CO)[C@@H](O)[C@H](O)[C@H]1O. The molecule has 1 unspecified atom stereocenters. The first-order chi connectivity index (χ1) is 15.0. The summed E-state index contributed by atoms with van der Waals surface area (Å²) in [6.07, 6.45) is 11.0. The van der Waals surface area contributed by atoms with Crippen molar-refractivity contribution in [3.05, 3.63) is 0 Å². The lowest BCUT2D eigenvalue weighted by molar-refractivity contribution is -0.301. The maximum Gasteiger partial charge on any atom is 0.186 e. The Bertz CT molecular complexity index is 407. The Hall–Kier alpha value is -0.280. The van der Waals surface area contributed by atoms with Gasteiger partial charge in [0.25, 0.3) is 0 Å². The van der Waals surface area contributed by atoms with Crippen LogP contribution in [0.3, 0.4) is 0 Å². The van der Waals surface area contributed by atoms with Crippen LogP contribution in [0.15, 0.2) is 0 Å². The van der Waals surface area contributed by atoms with Gasteiger partial charge in [-0.2, -0.15) is 0 Å². The van der Waals surface area contributed by atoms with Crippen molar-refractivity contribution in [3.63, 3.8) is 0 Å². The summed E-state index contributed by atoms with van der Waals surface area (Å²) in [5.41, 5.74) is 0. The molecule has 1 aliphatic heterocycles. The molecule has 0 spiro atoms. The maximum atomic E-state index is 9.97. The van der Waals surface area contributed by atoms with Crippen LogP contribution in [-0.4, -0.2) is 75.6 Å². The number of ether oxygens (including phenoxy) is 2. The molecule has 0 aliphatic carbocycles. The van der Waals surface area contributed by atoms with E-state index in [0.717, 1.165) is 44.9 Å². The van der Waals surface area contributed by atoms with Crippen molar-refractivity contribution in [1.82, 2.24) is 0 Å². The second-order valence-electron chi connectivity index (χ2n) is 9.04. The van der Waals surface area contributed by atoms with Gasteiger partial charge in [-0.25, -0.2) is 0 Å². The summed E-state index contributed by atoms with van der Waals surface area (Å²) in [5, 5.41) is 48.5. The van der Waals surface area contributed by atoms with Crippen LogP contribution < -0.4 is 0 Å². The zero-order valence-corrected chi connectivity index (χ0v) is 19.5. The Kier molecular flexibility index (Phi) is 16.9. The molecule has 0 amide bonds. The fourth-order valence-corrected chi connectivity index (χ4v) is 4.08. The monoisotopic (exact) mass is 448 g/mol. The minimum absolute atomic E-state index is 0.109. The molecular weight excluding hydrogens is 400 g/mol. The van der Waals surface area contributed by atoms with Crippen molar-refractivity contribution < 1.29 is 35.0 Å². The highest BCUT2D eigenvalue weighted by molar-refractivity contribution is 4.88. The Labute approximate surface area is 188 Å². The lowest BCUT2D eigenvalue weighted by atomic mass is 9.99. The van der Waals surface area contributed by atoms with Crippen LogP contribution in [-0.2, 0) is 9.47 Å². The minimum Gasteiger partial charge on any atom is -0.394 e. The van der Waals surface area contributed by atoms with Crippen LogP contribution in [0.25, 0.3) is 0 Å². The highest BCUT2D eigenvalue weighted by atomic mass is 16.7. The van der Waals surface area contributed by atoms with Crippen molar-refractivity contribution in [1.29, 1.82) is 0 Å². The average Bonchev–Trinajstić information content (AvgIpc) is 2.77. The molecule has 0 aromatic rings. The summed E-state index contributed by atoms with van der Waals surface area (Å²) >= 11 is 0. The second-order valence-corrected chi connectivity index (χ2v) is 9.04. The van der Waals surface area contributed by atoms with E-state index in [1.807, 2.05) is 0 Å². The third-order valence-electron chi connectivity index (χ3n) is 6.20. The molecule has 6 atom stereocenters. The molecule has 7 nitrogen and oxygen atoms in total. The molecule has 1 aliphatic rings. The van der Waals surface area contributed by atoms with Gasteiger partial charge in [-0.1, -0.05) is 84.0 Å². The third kappa shape index (κ3) is 12.5. The Morgan fingerprint density at radius 2 is 1.23 bits per heavy atom. The number of hydrogen-bond donors (Lipinski definition) is 5. The fourth-order valence-electron chi connectivity index (χ4n) is 4.08.